The lowest BCUT2D eigenvalue weighted by Crippen LogP contribution is -2.28. The van der Waals surface area contributed by atoms with Gasteiger partial charge >= 0.3 is 0 Å². The predicted octanol–water partition coefficient (Wildman–Crippen LogP) is 1.58. The number of primary sulfonamides is 1. The molecule has 0 unspecified atom stereocenters. The van der Waals surface area contributed by atoms with Gasteiger partial charge in [-0.05, 0) is 40.5 Å². The van der Waals surface area contributed by atoms with Crippen LogP contribution in [0.1, 0.15) is 23.7 Å². The molecule has 0 atom stereocenters. The van der Waals surface area contributed by atoms with Gasteiger partial charge in [-0.2, -0.15) is 0 Å². The summed E-state index contributed by atoms with van der Waals surface area (Å²) in [6.07, 6.45) is 0.828. The molecule has 2 N–H and O–H groups in total. The number of hydrogen-bond acceptors (Lipinski definition) is 3. The minimum atomic E-state index is -3.81. The number of hydrogen-bond donors (Lipinski definition) is 1. The summed E-state index contributed by atoms with van der Waals surface area (Å²) in [6, 6.07) is 4.15. The molecule has 1 amide bonds. The van der Waals surface area contributed by atoms with Crippen molar-refractivity contribution >= 4 is 31.9 Å². The van der Waals surface area contributed by atoms with E-state index in [2.05, 4.69) is 15.9 Å². The molecule has 0 aliphatic carbocycles. The Morgan fingerprint density at radius 3 is 2.56 bits per heavy atom. The molecule has 0 fully saturated rings. The van der Waals surface area contributed by atoms with E-state index in [0.717, 1.165) is 6.42 Å². The maximum atomic E-state index is 12.1. The van der Waals surface area contributed by atoms with Crippen LogP contribution in [0.2, 0.25) is 0 Å². The molecular weight excluding hydrogens is 320 g/mol. The fourth-order valence-electron chi connectivity index (χ4n) is 1.49. The van der Waals surface area contributed by atoms with Crippen molar-refractivity contribution < 1.29 is 13.2 Å². The first-order chi connectivity index (χ1) is 8.27. The van der Waals surface area contributed by atoms with Crippen LogP contribution in [-0.2, 0) is 10.0 Å². The molecule has 0 spiro atoms. The third kappa shape index (κ3) is 3.54. The molecule has 0 aliphatic heterocycles. The number of benzene rings is 1. The molecule has 0 bridgehead atoms. The van der Waals surface area contributed by atoms with Crippen molar-refractivity contribution in [3.63, 3.8) is 0 Å². The molecule has 0 aliphatic rings. The number of rotatable bonds is 4. The highest BCUT2D eigenvalue weighted by Gasteiger charge is 2.17. The second-order valence-corrected chi connectivity index (χ2v) is 6.33. The van der Waals surface area contributed by atoms with Crippen molar-refractivity contribution in [2.45, 2.75) is 18.2 Å². The molecule has 0 radical (unpaired) electrons. The first-order valence-corrected chi connectivity index (χ1v) is 7.69. The predicted molar refractivity (Wildman–Crippen MR) is 72.8 cm³/mol. The summed E-state index contributed by atoms with van der Waals surface area (Å²) in [5.41, 5.74) is 0.289. The molecule has 1 rings (SSSR count). The summed E-state index contributed by atoms with van der Waals surface area (Å²) in [5, 5.41) is 5.04. The van der Waals surface area contributed by atoms with E-state index >= 15 is 0 Å². The molecular formula is C11H15BrN2O3S. The fraction of sp³-hybridized carbons (Fsp3) is 0.364. The number of halogens is 1. The van der Waals surface area contributed by atoms with Crippen LogP contribution in [0.5, 0.6) is 0 Å². The van der Waals surface area contributed by atoms with Gasteiger partial charge in [0.15, 0.2) is 0 Å². The zero-order chi connectivity index (χ0) is 13.9. The number of amides is 1. The average molecular weight is 335 g/mol. The maximum Gasteiger partial charge on any atom is 0.254 e. The van der Waals surface area contributed by atoms with Gasteiger partial charge in [-0.25, -0.2) is 13.6 Å². The molecule has 0 heterocycles. The van der Waals surface area contributed by atoms with Crippen molar-refractivity contribution in [2.75, 3.05) is 13.6 Å². The van der Waals surface area contributed by atoms with Crippen molar-refractivity contribution in [1.82, 2.24) is 4.90 Å². The second kappa shape index (κ2) is 5.81. The van der Waals surface area contributed by atoms with Gasteiger partial charge in [0.25, 0.3) is 5.91 Å². The Balaban J connectivity index is 3.20. The molecule has 0 saturated carbocycles. The minimum absolute atomic E-state index is 0.0704. The molecule has 7 heteroatoms. The van der Waals surface area contributed by atoms with Crippen LogP contribution < -0.4 is 5.14 Å². The SMILES string of the molecule is CCCN(C)C(=O)c1cc(S(N)(=O)=O)ccc1Br. The van der Waals surface area contributed by atoms with E-state index in [0.29, 0.717) is 11.0 Å². The third-order valence-electron chi connectivity index (χ3n) is 2.40. The van der Waals surface area contributed by atoms with Crippen molar-refractivity contribution in [3.8, 4) is 0 Å². The number of nitrogens with two attached hydrogens (primary N) is 1. The molecule has 18 heavy (non-hydrogen) atoms. The van der Waals surface area contributed by atoms with E-state index < -0.39 is 10.0 Å². The highest BCUT2D eigenvalue weighted by atomic mass is 79.9. The third-order valence-corrected chi connectivity index (χ3v) is 4.00. The van der Waals surface area contributed by atoms with E-state index in [4.69, 9.17) is 5.14 Å². The highest BCUT2D eigenvalue weighted by Crippen LogP contribution is 2.21. The smallest absolute Gasteiger partial charge is 0.254 e. The Labute approximate surface area is 115 Å². The number of carbonyl (C=O) groups excluding carboxylic acids is 1. The van der Waals surface area contributed by atoms with Gasteiger partial charge < -0.3 is 4.90 Å². The fourth-order valence-corrected chi connectivity index (χ4v) is 2.44. The Morgan fingerprint density at radius 1 is 1.44 bits per heavy atom. The number of sulfonamides is 1. The lowest BCUT2D eigenvalue weighted by atomic mass is 10.2. The second-order valence-electron chi connectivity index (χ2n) is 3.91. The maximum absolute atomic E-state index is 12.1. The van der Waals surface area contributed by atoms with Gasteiger partial charge in [0, 0.05) is 18.1 Å². The van der Waals surface area contributed by atoms with Gasteiger partial charge in [-0.15, -0.1) is 0 Å². The molecule has 1 aromatic rings. The summed E-state index contributed by atoms with van der Waals surface area (Å²) in [6.45, 7) is 2.56. The van der Waals surface area contributed by atoms with Crippen LogP contribution in [0.25, 0.3) is 0 Å². The Bertz CT molecular complexity index is 557. The van der Waals surface area contributed by atoms with E-state index in [-0.39, 0.29) is 16.4 Å². The average Bonchev–Trinajstić information content (AvgIpc) is 2.27. The van der Waals surface area contributed by atoms with Gasteiger partial charge in [-0.1, -0.05) is 6.92 Å². The van der Waals surface area contributed by atoms with Crippen molar-refractivity contribution in [2.24, 2.45) is 5.14 Å². The quantitative estimate of drug-likeness (QED) is 0.907. The minimum Gasteiger partial charge on any atom is -0.342 e. The number of nitrogens with zero attached hydrogens (tertiary/aromatic N) is 1. The summed E-state index contributed by atoms with van der Waals surface area (Å²) in [4.78, 5) is 13.6. The van der Waals surface area contributed by atoms with Gasteiger partial charge in [0.1, 0.15) is 0 Å². The lowest BCUT2D eigenvalue weighted by molar-refractivity contribution is 0.0794. The summed E-state index contributed by atoms with van der Waals surface area (Å²) < 4.78 is 23.0. The highest BCUT2D eigenvalue weighted by molar-refractivity contribution is 9.10. The van der Waals surface area contributed by atoms with E-state index in [9.17, 15) is 13.2 Å². The molecule has 0 aromatic heterocycles. The van der Waals surface area contributed by atoms with Gasteiger partial charge in [0.2, 0.25) is 10.0 Å². The van der Waals surface area contributed by atoms with Crippen LogP contribution in [0.4, 0.5) is 0 Å². The summed E-state index contributed by atoms with van der Waals surface area (Å²) in [7, 11) is -2.14. The van der Waals surface area contributed by atoms with Crippen molar-refractivity contribution in [1.29, 1.82) is 0 Å². The summed E-state index contributed by atoms with van der Waals surface area (Å²) in [5.74, 6) is -0.241. The number of carbonyl (C=O) groups is 1. The Hall–Kier alpha value is -0.920. The Kier molecular flexibility index (Phi) is 4.89. The van der Waals surface area contributed by atoms with Crippen LogP contribution >= 0.6 is 15.9 Å². The zero-order valence-corrected chi connectivity index (χ0v) is 12.6. The lowest BCUT2D eigenvalue weighted by Gasteiger charge is -2.17. The largest absolute Gasteiger partial charge is 0.342 e. The van der Waals surface area contributed by atoms with E-state index in [1.807, 2.05) is 6.92 Å². The standard InChI is InChI=1S/C11H15BrN2O3S/c1-3-6-14(2)11(15)9-7-8(18(13,16)17)4-5-10(9)12/h4-5,7H,3,6H2,1-2H3,(H2,13,16,17). The monoisotopic (exact) mass is 334 g/mol. The van der Waals surface area contributed by atoms with Gasteiger partial charge in [0.05, 0.1) is 10.5 Å². The van der Waals surface area contributed by atoms with E-state index in [1.165, 1.54) is 23.1 Å². The first-order valence-electron chi connectivity index (χ1n) is 5.35. The van der Waals surface area contributed by atoms with Crippen LogP contribution in [-0.4, -0.2) is 32.8 Å². The van der Waals surface area contributed by atoms with Crippen LogP contribution in [0.3, 0.4) is 0 Å². The zero-order valence-electron chi connectivity index (χ0n) is 10.2. The van der Waals surface area contributed by atoms with E-state index in [1.54, 1.807) is 7.05 Å². The topological polar surface area (TPSA) is 80.5 Å². The Morgan fingerprint density at radius 2 is 2.06 bits per heavy atom. The molecule has 1 aromatic carbocycles. The van der Waals surface area contributed by atoms with Crippen molar-refractivity contribution in [3.05, 3.63) is 28.2 Å². The first kappa shape index (κ1) is 15.1. The van der Waals surface area contributed by atoms with Gasteiger partial charge in [-0.3, -0.25) is 4.79 Å². The molecule has 5 nitrogen and oxygen atoms in total. The molecule has 0 saturated heterocycles. The molecule has 100 valence electrons. The summed E-state index contributed by atoms with van der Waals surface area (Å²) >= 11 is 3.23. The van der Waals surface area contributed by atoms with Crippen LogP contribution in [0, 0.1) is 0 Å². The normalized spacial score (nSPS) is 11.3. The van der Waals surface area contributed by atoms with Crippen LogP contribution in [0.15, 0.2) is 27.6 Å².